The van der Waals surface area contributed by atoms with Crippen molar-refractivity contribution in [2.75, 3.05) is 6.61 Å². The molecule has 0 saturated carbocycles. The Kier molecular flexibility index (Phi) is 4.61. The van der Waals surface area contributed by atoms with Crippen LogP contribution in [0.2, 0.25) is 0 Å². The molecule has 5 nitrogen and oxygen atoms in total. The second-order valence-electron chi connectivity index (χ2n) is 5.25. The van der Waals surface area contributed by atoms with Crippen LogP contribution in [0.3, 0.4) is 0 Å². The molecule has 0 spiro atoms. The lowest BCUT2D eigenvalue weighted by molar-refractivity contribution is 0.0520. The number of H-pyrrole nitrogens is 1. The molecule has 0 aliphatic rings. The van der Waals surface area contributed by atoms with E-state index in [1.54, 1.807) is 25.1 Å². The first-order valence-electron chi connectivity index (χ1n) is 7.68. The fraction of sp³-hybridized carbons (Fsp3) is 0.158. The molecule has 0 aliphatic carbocycles. The summed E-state index contributed by atoms with van der Waals surface area (Å²) >= 11 is 0. The lowest BCUT2D eigenvalue weighted by Crippen LogP contribution is -2.12. The zero-order chi connectivity index (χ0) is 16.9. The van der Waals surface area contributed by atoms with Crippen LogP contribution in [-0.4, -0.2) is 17.6 Å². The van der Waals surface area contributed by atoms with Crippen molar-refractivity contribution in [2.45, 2.75) is 13.5 Å². The fourth-order valence-electron chi connectivity index (χ4n) is 2.38. The highest BCUT2D eigenvalue weighted by Crippen LogP contribution is 2.18. The van der Waals surface area contributed by atoms with E-state index in [2.05, 4.69) is 4.98 Å². The van der Waals surface area contributed by atoms with Crippen LogP contribution in [0.1, 0.15) is 23.0 Å². The zero-order valence-electron chi connectivity index (χ0n) is 13.2. The number of aromatic nitrogens is 1. The molecule has 122 valence electrons. The summed E-state index contributed by atoms with van der Waals surface area (Å²) in [6.07, 6.45) is 0. The molecule has 1 aromatic heterocycles. The molecule has 1 heterocycles. The summed E-state index contributed by atoms with van der Waals surface area (Å²) in [6.45, 7) is 2.39. The van der Waals surface area contributed by atoms with E-state index >= 15 is 0 Å². The van der Waals surface area contributed by atoms with Crippen molar-refractivity contribution in [3.05, 3.63) is 76.1 Å². The van der Waals surface area contributed by atoms with Gasteiger partial charge >= 0.3 is 5.97 Å². The number of rotatable bonds is 5. The standard InChI is InChI=1S/C19H17NO4/c1-2-23-19(22)17-11-18(21)15-10-14(8-9-16(15)20-17)24-12-13-6-4-3-5-7-13/h3-11H,2,12H2,1H3,(H,20,21). The van der Waals surface area contributed by atoms with Gasteiger partial charge < -0.3 is 14.5 Å². The predicted molar refractivity (Wildman–Crippen MR) is 91.3 cm³/mol. The molecule has 0 saturated heterocycles. The number of nitrogens with one attached hydrogen (secondary N) is 1. The van der Waals surface area contributed by atoms with Crippen LogP contribution < -0.4 is 10.2 Å². The number of aromatic amines is 1. The summed E-state index contributed by atoms with van der Waals surface area (Å²) in [5, 5.41) is 0.466. The second-order valence-corrected chi connectivity index (χ2v) is 5.25. The van der Waals surface area contributed by atoms with Crippen molar-refractivity contribution in [1.29, 1.82) is 0 Å². The number of carbonyl (C=O) groups is 1. The quantitative estimate of drug-likeness (QED) is 0.732. The van der Waals surface area contributed by atoms with Crippen molar-refractivity contribution < 1.29 is 14.3 Å². The highest BCUT2D eigenvalue weighted by Gasteiger charge is 2.11. The highest BCUT2D eigenvalue weighted by molar-refractivity contribution is 5.91. The minimum Gasteiger partial charge on any atom is -0.489 e. The van der Waals surface area contributed by atoms with Crippen molar-refractivity contribution in [2.24, 2.45) is 0 Å². The highest BCUT2D eigenvalue weighted by atomic mass is 16.5. The molecule has 0 amide bonds. The normalized spacial score (nSPS) is 10.5. The van der Waals surface area contributed by atoms with Crippen LogP contribution >= 0.6 is 0 Å². The summed E-state index contributed by atoms with van der Waals surface area (Å²) in [5.41, 5.74) is 1.51. The van der Waals surface area contributed by atoms with Gasteiger partial charge in [-0.05, 0) is 30.7 Å². The van der Waals surface area contributed by atoms with E-state index in [1.807, 2.05) is 30.3 Å². The van der Waals surface area contributed by atoms with Crippen LogP contribution in [0, 0.1) is 0 Å². The van der Waals surface area contributed by atoms with Crippen molar-refractivity contribution in [1.82, 2.24) is 4.98 Å². The number of hydrogen-bond acceptors (Lipinski definition) is 4. The molecule has 1 N–H and O–H groups in total. The molecule has 3 rings (SSSR count). The smallest absolute Gasteiger partial charge is 0.354 e. The van der Waals surface area contributed by atoms with Crippen molar-refractivity contribution >= 4 is 16.9 Å². The minimum absolute atomic E-state index is 0.146. The van der Waals surface area contributed by atoms with Crippen LogP contribution in [0.4, 0.5) is 0 Å². The maximum atomic E-state index is 12.3. The Labute approximate surface area is 138 Å². The first-order valence-corrected chi connectivity index (χ1v) is 7.68. The number of ether oxygens (including phenoxy) is 2. The summed E-state index contributed by atoms with van der Waals surface area (Å²) in [5.74, 6) is 0.0571. The maximum absolute atomic E-state index is 12.3. The molecule has 0 fully saturated rings. The molecule has 0 radical (unpaired) electrons. The summed E-state index contributed by atoms with van der Waals surface area (Å²) in [7, 11) is 0. The average molecular weight is 323 g/mol. The first-order chi connectivity index (χ1) is 11.7. The summed E-state index contributed by atoms with van der Waals surface area (Å²) in [4.78, 5) is 26.9. The molecule has 5 heteroatoms. The first kappa shape index (κ1) is 15.8. The second kappa shape index (κ2) is 7.00. The third-order valence-corrected chi connectivity index (χ3v) is 3.54. The van der Waals surface area contributed by atoms with Crippen molar-refractivity contribution in [3.8, 4) is 5.75 Å². The molecule has 0 bridgehead atoms. The van der Waals surface area contributed by atoms with Crippen LogP contribution in [0.25, 0.3) is 10.9 Å². The maximum Gasteiger partial charge on any atom is 0.354 e. The molecule has 3 aromatic rings. The van der Waals surface area contributed by atoms with E-state index in [9.17, 15) is 9.59 Å². The average Bonchev–Trinajstić information content (AvgIpc) is 2.61. The van der Waals surface area contributed by atoms with Gasteiger partial charge in [0.25, 0.3) is 0 Å². The zero-order valence-corrected chi connectivity index (χ0v) is 13.2. The molecule has 24 heavy (non-hydrogen) atoms. The molecular formula is C19H17NO4. The lowest BCUT2D eigenvalue weighted by Gasteiger charge is -2.08. The number of hydrogen-bond donors (Lipinski definition) is 1. The van der Waals surface area contributed by atoms with Gasteiger partial charge in [-0.25, -0.2) is 4.79 Å². The molecule has 0 atom stereocenters. The monoisotopic (exact) mass is 323 g/mol. The number of carbonyl (C=O) groups excluding carboxylic acids is 1. The van der Waals surface area contributed by atoms with E-state index in [0.717, 1.165) is 5.56 Å². The van der Waals surface area contributed by atoms with Crippen LogP contribution in [0.5, 0.6) is 5.75 Å². The Bertz CT molecular complexity index is 916. The summed E-state index contributed by atoms with van der Waals surface area (Å²) in [6, 6.07) is 16.2. The Hall–Kier alpha value is -3.08. The van der Waals surface area contributed by atoms with Gasteiger partial charge in [0.2, 0.25) is 0 Å². The number of pyridine rings is 1. The van der Waals surface area contributed by atoms with E-state index in [-0.39, 0.29) is 17.7 Å². The van der Waals surface area contributed by atoms with Crippen LogP contribution in [0.15, 0.2) is 59.4 Å². The lowest BCUT2D eigenvalue weighted by atomic mass is 10.2. The van der Waals surface area contributed by atoms with Gasteiger partial charge in [0.1, 0.15) is 18.1 Å². The molecule has 2 aromatic carbocycles. The van der Waals surface area contributed by atoms with Crippen LogP contribution in [-0.2, 0) is 11.3 Å². The van der Waals surface area contributed by atoms with Gasteiger partial charge in [-0.15, -0.1) is 0 Å². The Morgan fingerprint density at radius 2 is 1.88 bits per heavy atom. The van der Waals surface area contributed by atoms with Gasteiger partial charge in [-0.1, -0.05) is 30.3 Å². The molecular weight excluding hydrogens is 306 g/mol. The summed E-state index contributed by atoms with van der Waals surface area (Å²) < 4.78 is 10.6. The van der Waals surface area contributed by atoms with Gasteiger partial charge in [-0.3, -0.25) is 4.79 Å². The van der Waals surface area contributed by atoms with E-state index in [0.29, 0.717) is 23.3 Å². The Morgan fingerprint density at radius 1 is 1.08 bits per heavy atom. The van der Waals surface area contributed by atoms with Crippen molar-refractivity contribution in [3.63, 3.8) is 0 Å². The number of fused-ring (bicyclic) bond motifs is 1. The molecule has 0 aliphatic heterocycles. The number of esters is 1. The van der Waals surface area contributed by atoms with E-state index in [4.69, 9.17) is 9.47 Å². The SMILES string of the molecule is CCOC(=O)c1cc(=O)c2cc(OCc3ccccc3)ccc2[nH]1. The third kappa shape index (κ3) is 3.46. The van der Waals surface area contributed by atoms with E-state index in [1.165, 1.54) is 6.07 Å². The number of benzene rings is 2. The molecule has 0 unspecified atom stereocenters. The van der Waals surface area contributed by atoms with Gasteiger partial charge in [0.15, 0.2) is 5.43 Å². The van der Waals surface area contributed by atoms with Gasteiger partial charge in [-0.2, -0.15) is 0 Å². The van der Waals surface area contributed by atoms with E-state index < -0.39 is 5.97 Å². The predicted octanol–water partition coefficient (Wildman–Crippen LogP) is 3.28. The van der Waals surface area contributed by atoms with Gasteiger partial charge in [0.05, 0.1) is 12.1 Å². The topological polar surface area (TPSA) is 68.4 Å². The Balaban J connectivity index is 1.86. The largest absolute Gasteiger partial charge is 0.489 e. The minimum atomic E-state index is -0.541. The fourth-order valence-corrected chi connectivity index (χ4v) is 2.38. The van der Waals surface area contributed by atoms with Gasteiger partial charge in [0, 0.05) is 11.5 Å². The third-order valence-electron chi connectivity index (χ3n) is 3.54. The Morgan fingerprint density at radius 3 is 2.62 bits per heavy atom.